The van der Waals surface area contributed by atoms with Gasteiger partial charge in [-0.25, -0.2) is 4.98 Å². The topological polar surface area (TPSA) is 53.5 Å². The summed E-state index contributed by atoms with van der Waals surface area (Å²) in [6, 6.07) is 0. The van der Waals surface area contributed by atoms with E-state index < -0.39 is 0 Å². The van der Waals surface area contributed by atoms with Gasteiger partial charge in [-0.05, 0) is 38.5 Å². The smallest absolute Gasteiger partial charge is 0.265 e. The highest BCUT2D eigenvalue weighted by molar-refractivity contribution is 7.13. The SMILES string of the molecule is Cc1ncc(C(=O)N2CCC[C@@]3(CCC(=O)N(CCC(C)C)C3)C2)s1. The number of hydrogen-bond donors (Lipinski definition) is 0. The highest BCUT2D eigenvalue weighted by Crippen LogP contribution is 2.39. The second kappa shape index (κ2) is 7.44. The van der Waals surface area contributed by atoms with Crippen LogP contribution >= 0.6 is 11.3 Å². The summed E-state index contributed by atoms with van der Waals surface area (Å²) in [5.74, 6) is 0.993. The van der Waals surface area contributed by atoms with E-state index in [1.165, 1.54) is 11.3 Å². The molecule has 2 aliphatic heterocycles. The molecule has 0 aliphatic carbocycles. The van der Waals surface area contributed by atoms with Crippen LogP contribution < -0.4 is 0 Å². The fraction of sp³-hybridized carbons (Fsp3) is 0.737. The molecule has 0 aromatic carbocycles. The lowest BCUT2D eigenvalue weighted by atomic mass is 9.73. The number of carbonyl (C=O) groups is 2. The van der Waals surface area contributed by atoms with Crippen LogP contribution in [-0.4, -0.2) is 52.8 Å². The molecule has 0 N–H and O–H groups in total. The molecule has 2 aliphatic rings. The Hall–Kier alpha value is -1.43. The Morgan fingerprint density at radius 3 is 2.84 bits per heavy atom. The van der Waals surface area contributed by atoms with E-state index in [0.717, 1.165) is 61.7 Å². The van der Waals surface area contributed by atoms with Crippen molar-refractivity contribution in [2.75, 3.05) is 26.2 Å². The number of carbonyl (C=O) groups excluding carboxylic acids is 2. The van der Waals surface area contributed by atoms with Gasteiger partial charge in [0.05, 0.1) is 11.2 Å². The fourth-order valence-electron chi connectivity index (χ4n) is 4.05. The predicted octanol–water partition coefficient (Wildman–Crippen LogP) is 3.34. The number of piperidine rings is 2. The van der Waals surface area contributed by atoms with Crippen molar-refractivity contribution in [1.82, 2.24) is 14.8 Å². The lowest BCUT2D eigenvalue weighted by Crippen LogP contribution is -2.55. The molecule has 138 valence electrons. The van der Waals surface area contributed by atoms with Gasteiger partial charge in [0.15, 0.2) is 0 Å². The zero-order valence-electron chi connectivity index (χ0n) is 15.6. The maximum absolute atomic E-state index is 12.8. The van der Waals surface area contributed by atoms with Gasteiger partial charge in [-0.1, -0.05) is 13.8 Å². The van der Waals surface area contributed by atoms with Crippen molar-refractivity contribution in [3.05, 3.63) is 16.1 Å². The molecule has 2 saturated heterocycles. The zero-order valence-corrected chi connectivity index (χ0v) is 16.4. The van der Waals surface area contributed by atoms with Crippen LogP contribution in [-0.2, 0) is 4.79 Å². The summed E-state index contributed by atoms with van der Waals surface area (Å²) in [6.07, 6.45) is 6.42. The standard InChI is InChI=1S/C19H29N3O2S/c1-14(2)6-10-21-12-19(8-5-17(21)23)7-4-9-22(13-19)18(24)16-11-20-15(3)25-16/h11,14H,4-10,12-13H2,1-3H3/t19-/m0/s1. The largest absolute Gasteiger partial charge is 0.342 e. The minimum absolute atomic E-state index is 0.0819. The Bertz CT molecular complexity index is 642. The van der Waals surface area contributed by atoms with Gasteiger partial charge < -0.3 is 9.80 Å². The molecule has 1 aromatic heterocycles. The van der Waals surface area contributed by atoms with Crippen molar-refractivity contribution >= 4 is 23.2 Å². The van der Waals surface area contributed by atoms with Gasteiger partial charge in [-0.15, -0.1) is 11.3 Å². The highest BCUT2D eigenvalue weighted by Gasteiger charge is 2.42. The van der Waals surface area contributed by atoms with Crippen LogP contribution in [0.4, 0.5) is 0 Å². The first kappa shape index (κ1) is 18.4. The molecule has 6 heteroatoms. The number of aryl methyl sites for hydroxylation is 1. The summed E-state index contributed by atoms with van der Waals surface area (Å²) < 4.78 is 0. The average Bonchev–Trinajstić information content (AvgIpc) is 3.02. The van der Waals surface area contributed by atoms with E-state index >= 15 is 0 Å². The van der Waals surface area contributed by atoms with Crippen molar-refractivity contribution in [3.8, 4) is 0 Å². The van der Waals surface area contributed by atoms with Gasteiger partial charge in [-0.3, -0.25) is 9.59 Å². The number of likely N-dealkylation sites (tertiary alicyclic amines) is 2. The van der Waals surface area contributed by atoms with Crippen LogP contribution in [0.5, 0.6) is 0 Å². The molecule has 0 unspecified atom stereocenters. The highest BCUT2D eigenvalue weighted by atomic mass is 32.1. The number of nitrogens with zero attached hydrogens (tertiary/aromatic N) is 3. The lowest BCUT2D eigenvalue weighted by molar-refractivity contribution is -0.139. The van der Waals surface area contributed by atoms with Gasteiger partial charge in [0, 0.05) is 38.0 Å². The summed E-state index contributed by atoms with van der Waals surface area (Å²) in [4.78, 5) is 34.1. The number of aromatic nitrogens is 1. The van der Waals surface area contributed by atoms with Crippen LogP contribution in [0.25, 0.3) is 0 Å². The summed E-state index contributed by atoms with van der Waals surface area (Å²) in [5, 5.41) is 0.929. The molecule has 2 fully saturated rings. The zero-order chi connectivity index (χ0) is 18.0. The number of amides is 2. The summed E-state index contributed by atoms with van der Waals surface area (Å²) in [5.41, 5.74) is 0.0819. The minimum Gasteiger partial charge on any atom is -0.342 e. The number of rotatable bonds is 4. The van der Waals surface area contributed by atoms with Crippen LogP contribution in [0.3, 0.4) is 0 Å². The summed E-state index contributed by atoms with van der Waals surface area (Å²) in [7, 11) is 0. The third-order valence-electron chi connectivity index (χ3n) is 5.51. The van der Waals surface area contributed by atoms with E-state index in [2.05, 4.69) is 18.8 Å². The van der Waals surface area contributed by atoms with E-state index in [9.17, 15) is 9.59 Å². The van der Waals surface area contributed by atoms with Crippen molar-refractivity contribution in [3.63, 3.8) is 0 Å². The normalized spacial score (nSPS) is 24.4. The van der Waals surface area contributed by atoms with Gasteiger partial charge in [-0.2, -0.15) is 0 Å². The van der Waals surface area contributed by atoms with Gasteiger partial charge in [0.25, 0.3) is 5.91 Å². The predicted molar refractivity (Wildman–Crippen MR) is 99.7 cm³/mol. The Balaban J connectivity index is 1.68. The molecule has 2 amide bonds. The summed E-state index contributed by atoms with van der Waals surface area (Å²) >= 11 is 1.47. The van der Waals surface area contributed by atoms with E-state index in [1.807, 2.05) is 16.7 Å². The molecule has 3 heterocycles. The molecule has 3 rings (SSSR count). The Labute approximate surface area is 154 Å². The van der Waals surface area contributed by atoms with E-state index in [1.54, 1.807) is 6.20 Å². The molecule has 1 atom stereocenters. The van der Waals surface area contributed by atoms with Crippen molar-refractivity contribution in [2.45, 2.75) is 52.9 Å². The number of thiazole rings is 1. The molecular formula is C19H29N3O2S. The fourth-order valence-corrected chi connectivity index (χ4v) is 4.80. The number of hydrogen-bond acceptors (Lipinski definition) is 4. The monoisotopic (exact) mass is 363 g/mol. The van der Waals surface area contributed by atoms with E-state index in [0.29, 0.717) is 12.3 Å². The lowest BCUT2D eigenvalue weighted by Gasteiger charge is -2.48. The molecule has 0 bridgehead atoms. The minimum atomic E-state index is 0.0819. The van der Waals surface area contributed by atoms with Crippen LogP contribution in [0.1, 0.15) is 60.6 Å². The third kappa shape index (κ3) is 4.22. The molecule has 25 heavy (non-hydrogen) atoms. The quantitative estimate of drug-likeness (QED) is 0.824. The third-order valence-corrected chi connectivity index (χ3v) is 6.41. The average molecular weight is 364 g/mol. The van der Waals surface area contributed by atoms with Crippen molar-refractivity contribution < 1.29 is 9.59 Å². The molecular weight excluding hydrogens is 334 g/mol. The van der Waals surface area contributed by atoms with Gasteiger partial charge in [0.1, 0.15) is 4.88 Å². The molecule has 0 radical (unpaired) electrons. The molecule has 1 aromatic rings. The first-order valence-electron chi connectivity index (χ1n) is 9.38. The van der Waals surface area contributed by atoms with Gasteiger partial charge in [0.2, 0.25) is 5.91 Å². The second-order valence-corrected chi connectivity index (χ2v) is 9.31. The van der Waals surface area contributed by atoms with Crippen LogP contribution in [0, 0.1) is 18.3 Å². The van der Waals surface area contributed by atoms with Crippen LogP contribution in [0.15, 0.2) is 6.20 Å². The van der Waals surface area contributed by atoms with E-state index in [-0.39, 0.29) is 17.2 Å². The Kier molecular flexibility index (Phi) is 5.46. The first-order chi connectivity index (χ1) is 11.9. The first-order valence-corrected chi connectivity index (χ1v) is 10.2. The molecule has 1 spiro atoms. The van der Waals surface area contributed by atoms with Crippen molar-refractivity contribution in [2.24, 2.45) is 11.3 Å². The summed E-state index contributed by atoms with van der Waals surface area (Å²) in [6.45, 7) is 9.57. The Morgan fingerprint density at radius 1 is 1.36 bits per heavy atom. The van der Waals surface area contributed by atoms with Gasteiger partial charge >= 0.3 is 0 Å². The maximum atomic E-state index is 12.8. The second-order valence-electron chi connectivity index (χ2n) is 8.07. The van der Waals surface area contributed by atoms with E-state index in [4.69, 9.17) is 0 Å². The Morgan fingerprint density at radius 2 is 2.16 bits per heavy atom. The molecule has 5 nitrogen and oxygen atoms in total. The maximum Gasteiger partial charge on any atom is 0.265 e. The van der Waals surface area contributed by atoms with Crippen LogP contribution in [0.2, 0.25) is 0 Å². The molecule has 0 saturated carbocycles. The van der Waals surface area contributed by atoms with Crippen molar-refractivity contribution in [1.29, 1.82) is 0 Å².